The molecule has 0 radical (unpaired) electrons. The highest BCUT2D eigenvalue weighted by atomic mass is 16.6. The molecule has 1 saturated heterocycles. The zero-order valence-corrected chi connectivity index (χ0v) is 15.3. The van der Waals surface area contributed by atoms with Crippen molar-refractivity contribution in [2.75, 3.05) is 39.8 Å². The molecule has 3 aliphatic rings. The van der Waals surface area contributed by atoms with Gasteiger partial charge in [-0.1, -0.05) is 0 Å². The van der Waals surface area contributed by atoms with Crippen molar-refractivity contribution in [3.63, 3.8) is 0 Å². The van der Waals surface area contributed by atoms with Crippen LogP contribution in [0.5, 0.6) is 0 Å². The van der Waals surface area contributed by atoms with Crippen LogP contribution in [0.3, 0.4) is 0 Å². The second kappa shape index (κ2) is 6.43. The Morgan fingerprint density at radius 1 is 1.38 bits per heavy atom. The maximum absolute atomic E-state index is 12.2. The first-order chi connectivity index (χ1) is 11.3. The van der Waals surface area contributed by atoms with Crippen molar-refractivity contribution in [2.45, 2.75) is 57.3 Å². The van der Waals surface area contributed by atoms with E-state index in [4.69, 9.17) is 9.47 Å². The van der Waals surface area contributed by atoms with E-state index in [-0.39, 0.29) is 17.7 Å². The van der Waals surface area contributed by atoms with Crippen molar-refractivity contribution in [1.29, 1.82) is 0 Å². The predicted octanol–water partition coefficient (Wildman–Crippen LogP) is 1.44. The lowest BCUT2D eigenvalue weighted by Gasteiger charge is -2.42. The number of guanidine groups is 1. The lowest BCUT2D eigenvalue weighted by molar-refractivity contribution is -0.0669. The van der Waals surface area contributed by atoms with Crippen molar-refractivity contribution >= 4 is 12.1 Å². The van der Waals surface area contributed by atoms with Crippen LogP contribution in [0.25, 0.3) is 0 Å². The number of methoxy groups -OCH3 is 1. The molecule has 1 atom stereocenters. The Labute approximate surface area is 144 Å². The molecule has 0 aromatic heterocycles. The number of hydrogen-bond acceptors (Lipinski definition) is 6. The average molecular weight is 338 g/mol. The number of nitrogens with one attached hydrogen (secondary N) is 1. The molecule has 1 N–H and O–H groups in total. The van der Waals surface area contributed by atoms with E-state index in [1.807, 2.05) is 20.8 Å². The Hall–Kier alpha value is -1.50. The molecule has 24 heavy (non-hydrogen) atoms. The van der Waals surface area contributed by atoms with Crippen molar-refractivity contribution in [2.24, 2.45) is 4.99 Å². The van der Waals surface area contributed by atoms with Gasteiger partial charge in [0.15, 0.2) is 5.96 Å². The van der Waals surface area contributed by atoms with Crippen LogP contribution in [-0.4, -0.2) is 78.9 Å². The highest BCUT2D eigenvalue weighted by molar-refractivity contribution is 5.82. The van der Waals surface area contributed by atoms with Gasteiger partial charge >= 0.3 is 6.09 Å². The summed E-state index contributed by atoms with van der Waals surface area (Å²) < 4.78 is 11.1. The number of aliphatic imine (C=N–C) groups is 1. The standard InChI is InChI=1S/C17H30N4O3/c1-16(2,3)24-15(22)20-8-9-21-13(11-20)10-18-14(21)19-12-17(23-4)6-5-7-17/h13H,5-12H2,1-4H3,(H,18,19). The van der Waals surface area contributed by atoms with Gasteiger partial charge in [0.05, 0.1) is 18.2 Å². The molecule has 1 unspecified atom stereocenters. The molecule has 0 bridgehead atoms. The summed E-state index contributed by atoms with van der Waals surface area (Å²) >= 11 is 0. The van der Waals surface area contributed by atoms with E-state index in [1.165, 1.54) is 6.42 Å². The molecule has 0 spiro atoms. The molecule has 1 saturated carbocycles. The van der Waals surface area contributed by atoms with Gasteiger partial charge in [0.2, 0.25) is 0 Å². The van der Waals surface area contributed by atoms with Crippen LogP contribution in [0.4, 0.5) is 4.79 Å². The zero-order valence-electron chi connectivity index (χ0n) is 15.3. The minimum Gasteiger partial charge on any atom is -0.444 e. The monoisotopic (exact) mass is 338 g/mol. The number of piperazine rings is 1. The van der Waals surface area contributed by atoms with Crippen molar-refractivity contribution < 1.29 is 14.3 Å². The van der Waals surface area contributed by atoms with Gasteiger partial charge in [-0.3, -0.25) is 4.99 Å². The van der Waals surface area contributed by atoms with Gasteiger partial charge < -0.3 is 24.6 Å². The van der Waals surface area contributed by atoms with E-state index in [9.17, 15) is 4.79 Å². The smallest absolute Gasteiger partial charge is 0.410 e. The number of amides is 1. The Bertz CT molecular complexity index is 505. The Kier molecular flexibility index (Phi) is 4.64. The third kappa shape index (κ3) is 3.61. The maximum Gasteiger partial charge on any atom is 0.410 e. The summed E-state index contributed by atoms with van der Waals surface area (Å²) in [6, 6.07) is 0.244. The molecule has 2 aliphatic heterocycles. The zero-order chi connectivity index (χ0) is 17.4. The van der Waals surface area contributed by atoms with Gasteiger partial charge in [0, 0.05) is 33.3 Å². The largest absolute Gasteiger partial charge is 0.444 e. The highest BCUT2D eigenvalue weighted by Gasteiger charge is 2.40. The van der Waals surface area contributed by atoms with E-state index >= 15 is 0 Å². The fourth-order valence-electron chi connectivity index (χ4n) is 3.49. The van der Waals surface area contributed by atoms with Crippen LogP contribution in [-0.2, 0) is 9.47 Å². The van der Waals surface area contributed by atoms with Gasteiger partial charge in [-0.05, 0) is 40.0 Å². The second-order valence-electron chi connectivity index (χ2n) is 8.03. The van der Waals surface area contributed by atoms with Gasteiger partial charge in [-0.2, -0.15) is 0 Å². The number of fused-ring (bicyclic) bond motifs is 1. The average Bonchev–Trinajstić information content (AvgIpc) is 2.87. The first kappa shape index (κ1) is 17.3. The summed E-state index contributed by atoms with van der Waals surface area (Å²) in [5.41, 5.74) is -0.469. The van der Waals surface area contributed by atoms with Crippen molar-refractivity contribution in [3.8, 4) is 0 Å². The molecule has 0 aromatic rings. The minimum atomic E-state index is -0.454. The summed E-state index contributed by atoms with van der Waals surface area (Å²) in [7, 11) is 1.79. The highest BCUT2D eigenvalue weighted by Crippen LogP contribution is 2.34. The first-order valence-corrected chi connectivity index (χ1v) is 8.90. The molecule has 1 amide bonds. The number of rotatable bonds is 3. The Morgan fingerprint density at radius 2 is 2.12 bits per heavy atom. The summed E-state index contributed by atoms with van der Waals surface area (Å²) in [5, 5.41) is 3.47. The van der Waals surface area contributed by atoms with Gasteiger partial charge in [-0.25, -0.2) is 4.79 Å². The quantitative estimate of drug-likeness (QED) is 0.843. The summed E-state index contributed by atoms with van der Waals surface area (Å²) in [6.07, 6.45) is 3.23. The molecule has 7 nitrogen and oxygen atoms in total. The molecule has 7 heteroatoms. The van der Waals surface area contributed by atoms with Crippen molar-refractivity contribution in [1.82, 2.24) is 15.1 Å². The molecule has 0 aromatic carbocycles. The van der Waals surface area contributed by atoms with Gasteiger partial charge in [0.1, 0.15) is 5.60 Å². The lowest BCUT2D eigenvalue weighted by Crippen LogP contribution is -2.59. The van der Waals surface area contributed by atoms with E-state index in [0.29, 0.717) is 13.1 Å². The third-order valence-corrected chi connectivity index (χ3v) is 5.12. The number of ether oxygens (including phenoxy) is 2. The fraction of sp³-hybridized carbons (Fsp3) is 0.882. The van der Waals surface area contributed by atoms with E-state index in [2.05, 4.69) is 15.2 Å². The molecule has 3 rings (SSSR count). The molecular weight excluding hydrogens is 308 g/mol. The normalized spacial score (nSPS) is 25.7. The van der Waals surface area contributed by atoms with Gasteiger partial charge in [-0.15, -0.1) is 0 Å². The summed E-state index contributed by atoms with van der Waals surface area (Å²) in [6.45, 7) is 9.34. The summed E-state index contributed by atoms with van der Waals surface area (Å²) in [4.78, 5) is 21.0. The van der Waals surface area contributed by atoms with Crippen LogP contribution in [0, 0.1) is 0 Å². The SMILES string of the molecule is COC1(CNC2=NCC3CN(C(=O)OC(C)(C)C)CCN23)CCC1. The lowest BCUT2D eigenvalue weighted by atomic mass is 9.80. The van der Waals surface area contributed by atoms with Crippen molar-refractivity contribution in [3.05, 3.63) is 0 Å². The fourth-order valence-corrected chi connectivity index (χ4v) is 3.49. The third-order valence-electron chi connectivity index (χ3n) is 5.12. The second-order valence-corrected chi connectivity index (χ2v) is 8.03. The number of hydrogen-bond donors (Lipinski definition) is 1. The molecule has 2 fully saturated rings. The molecule has 1 aliphatic carbocycles. The number of carbonyl (C=O) groups excluding carboxylic acids is 1. The van der Waals surface area contributed by atoms with Gasteiger partial charge in [0.25, 0.3) is 0 Å². The molecular formula is C17H30N4O3. The van der Waals surface area contributed by atoms with Crippen LogP contribution in [0.15, 0.2) is 4.99 Å². The topological polar surface area (TPSA) is 66.4 Å². The van der Waals surface area contributed by atoms with Crippen LogP contribution >= 0.6 is 0 Å². The maximum atomic E-state index is 12.2. The number of carbonyl (C=O) groups is 1. The Balaban J connectivity index is 1.50. The van der Waals surface area contributed by atoms with E-state index in [1.54, 1.807) is 12.0 Å². The minimum absolute atomic E-state index is 0.0149. The van der Waals surface area contributed by atoms with Crippen LogP contribution < -0.4 is 5.32 Å². The van der Waals surface area contributed by atoms with Crippen LogP contribution in [0.1, 0.15) is 40.0 Å². The van der Waals surface area contributed by atoms with E-state index < -0.39 is 5.60 Å². The van der Waals surface area contributed by atoms with Crippen LogP contribution in [0.2, 0.25) is 0 Å². The molecule has 136 valence electrons. The predicted molar refractivity (Wildman–Crippen MR) is 92.2 cm³/mol. The van der Waals surface area contributed by atoms with E-state index in [0.717, 1.165) is 38.4 Å². The number of nitrogens with zero attached hydrogens (tertiary/aromatic N) is 3. The molecule has 2 heterocycles. The Morgan fingerprint density at radius 3 is 2.71 bits per heavy atom. The summed E-state index contributed by atoms with van der Waals surface area (Å²) in [5.74, 6) is 0.951. The first-order valence-electron chi connectivity index (χ1n) is 8.90.